The number of aliphatic hydroxyl groups excluding tert-OH is 1. The molecule has 0 unspecified atom stereocenters. The summed E-state index contributed by atoms with van der Waals surface area (Å²) >= 11 is 0. The third kappa shape index (κ3) is 3.45. The predicted molar refractivity (Wildman–Crippen MR) is 72.6 cm³/mol. The molecule has 0 atom stereocenters. The SMILES string of the molecule is COc1ccc(CNCC2(CO)CCCC2)c(F)c1. The monoisotopic (exact) mass is 267 g/mol. The van der Waals surface area contributed by atoms with Crippen molar-refractivity contribution in [2.75, 3.05) is 20.3 Å². The molecule has 0 amide bonds. The fourth-order valence-electron chi connectivity index (χ4n) is 2.78. The summed E-state index contributed by atoms with van der Waals surface area (Å²) in [5, 5.41) is 12.8. The van der Waals surface area contributed by atoms with Gasteiger partial charge in [-0.1, -0.05) is 18.9 Å². The molecule has 19 heavy (non-hydrogen) atoms. The Morgan fingerprint density at radius 3 is 2.68 bits per heavy atom. The highest BCUT2D eigenvalue weighted by molar-refractivity contribution is 5.28. The number of methoxy groups -OCH3 is 1. The van der Waals surface area contributed by atoms with Crippen molar-refractivity contribution in [3.8, 4) is 5.75 Å². The maximum atomic E-state index is 13.7. The molecular weight excluding hydrogens is 245 g/mol. The van der Waals surface area contributed by atoms with Gasteiger partial charge in [-0.15, -0.1) is 0 Å². The van der Waals surface area contributed by atoms with Gasteiger partial charge in [0.2, 0.25) is 0 Å². The summed E-state index contributed by atoms with van der Waals surface area (Å²) in [6, 6.07) is 4.90. The van der Waals surface area contributed by atoms with E-state index in [9.17, 15) is 9.50 Å². The largest absolute Gasteiger partial charge is 0.497 e. The van der Waals surface area contributed by atoms with Crippen LogP contribution in [0.5, 0.6) is 5.75 Å². The number of hydrogen-bond acceptors (Lipinski definition) is 3. The summed E-state index contributed by atoms with van der Waals surface area (Å²) in [5.74, 6) is 0.278. The summed E-state index contributed by atoms with van der Waals surface area (Å²) in [5.41, 5.74) is 0.634. The van der Waals surface area contributed by atoms with Crippen LogP contribution in [0, 0.1) is 11.2 Å². The van der Waals surface area contributed by atoms with Crippen LogP contribution in [0.3, 0.4) is 0 Å². The molecule has 0 bridgehead atoms. The van der Waals surface area contributed by atoms with Crippen molar-refractivity contribution in [3.63, 3.8) is 0 Å². The van der Waals surface area contributed by atoms with E-state index in [1.807, 2.05) is 0 Å². The normalized spacial score (nSPS) is 17.6. The van der Waals surface area contributed by atoms with E-state index in [2.05, 4.69) is 5.32 Å². The van der Waals surface area contributed by atoms with Crippen molar-refractivity contribution < 1.29 is 14.2 Å². The number of halogens is 1. The van der Waals surface area contributed by atoms with Crippen LogP contribution in [0.2, 0.25) is 0 Å². The Morgan fingerprint density at radius 1 is 1.37 bits per heavy atom. The van der Waals surface area contributed by atoms with Crippen LogP contribution in [0.4, 0.5) is 4.39 Å². The van der Waals surface area contributed by atoms with E-state index in [-0.39, 0.29) is 17.8 Å². The lowest BCUT2D eigenvalue weighted by Gasteiger charge is -2.26. The van der Waals surface area contributed by atoms with Gasteiger partial charge in [0.1, 0.15) is 11.6 Å². The van der Waals surface area contributed by atoms with Gasteiger partial charge in [0, 0.05) is 36.7 Å². The number of aliphatic hydroxyl groups is 1. The minimum atomic E-state index is -0.253. The van der Waals surface area contributed by atoms with E-state index >= 15 is 0 Å². The van der Waals surface area contributed by atoms with Crippen molar-refractivity contribution in [3.05, 3.63) is 29.6 Å². The lowest BCUT2D eigenvalue weighted by atomic mass is 9.87. The molecule has 1 saturated carbocycles. The molecule has 0 aromatic heterocycles. The van der Waals surface area contributed by atoms with Gasteiger partial charge in [0.25, 0.3) is 0 Å². The van der Waals surface area contributed by atoms with Gasteiger partial charge in [-0.2, -0.15) is 0 Å². The number of ether oxygens (including phenoxy) is 1. The Labute approximate surface area is 113 Å². The van der Waals surface area contributed by atoms with E-state index < -0.39 is 0 Å². The molecule has 0 radical (unpaired) electrons. The van der Waals surface area contributed by atoms with Crippen molar-refractivity contribution in [1.29, 1.82) is 0 Å². The van der Waals surface area contributed by atoms with Gasteiger partial charge < -0.3 is 15.2 Å². The van der Waals surface area contributed by atoms with Crippen LogP contribution in [0.15, 0.2) is 18.2 Å². The Kier molecular flexibility index (Phi) is 4.77. The first kappa shape index (κ1) is 14.3. The summed E-state index contributed by atoms with van der Waals surface area (Å²) in [6.07, 6.45) is 4.47. The Bertz CT molecular complexity index is 417. The molecule has 1 aliphatic carbocycles. The zero-order valence-corrected chi connectivity index (χ0v) is 11.4. The van der Waals surface area contributed by atoms with E-state index in [0.29, 0.717) is 17.9 Å². The van der Waals surface area contributed by atoms with E-state index in [4.69, 9.17) is 4.74 Å². The Balaban J connectivity index is 1.88. The molecule has 0 saturated heterocycles. The second kappa shape index (κ2) is 6.35. The van der Waals surface area contributed by atoms with Gasteiger partial charge in [-0.05, 0) is 18.9 Å². The van der Waals surface area contributed by atoms with Gasteiger partial charge in [-0.25, -0.2) is 4.39 Å². The average Bonchev–Trinajstić information content (AvgIpc) is 2.90. The van der Waals surface area contributed by atoms with Crippen LogP contribution in [-0.4, -0.2) is 25.4 Å². The molecular formula is C15H22FNO2. The molecule has 1 aliphatic rings. The first-order valence-corrected chi connectivity index (χ1v) is 6.83. The zero-order valence-electron chi connectivity index (χ0n) is 11.4. The molecule has 0 spiro atoms. The van der Waals surface area contributed by atoms with Gasteiger partial charge in [0.15, 0.2) is 0 Å². The lowest BCUT2D eigenvalue weighted by molar-refractivity contribution is 0.128. The molecule has 0 heterocycles. The van der Waals surface area contributed by atoms with Crippen LogP contribution in [0.25, 0.3) is 0 Å². The maximum absolute atomic E-state index is 13.7. The van der Waals surface area contributed by atoms with Crippen LogP contribution < -0.4 is 10.1 Å². The summed E-state index contributed by atoms with van der Waals surface area (Å²) in [6.45, 7) is 1.44. The second-order valence-electron chi connectivity index (χ2n) is 5.43. The topological polar surface area (TPSA) is 41.5 Å². The first-order chi connectivity index (χ1) is 9.19. The number of rotatable bonds is 6. The molecule has 2 rings (SSSR count). The summed E-state index contributed by atoms with van der Waals surface area (Å²) in [4.78, 5) is 0. The molecule has 0 aliphatic heterocycles. The summed E-state index contributed by atoms with van der Waals surface area (Å²) in [7, 11) is 1.53. The van der Waals surface area contributed by atoms with E-state index in [1.165, 1.54) is 26.0 Å². The average molecular weight is 267 g/mol. The number of hydrogen-bond donors (Lipinski definition) is 2. The Hall–Kier alpha value is -1.13. The van der Waals surface area contributed by atoms with Gasteiger partial charge in [0.05, 0.1) is 7.11 Å². The maximum Gasteiger partial charge on any atom is 0.131 e. The van der Waals surface area contributed by atoms with E-state index in [1.54, 1.807) is 12.1 Å². The molecule has 2 N–H and O–H groups in total. The van der Waals surface area contributed by atoms with Crippen molar-refractivity contribution in [2.45, 2.75) is 32.2 Å². The highest BCUT2D eigenvalue weighted by Crippen LogP contribution is 2.36. The summed E-state index contributed by atoms with van der Waals surface area (Å²) < 4.78 is 18.7. The second-order valence-corrected chi connectivity index (χ2v) is 5.43. The fraction of sp³-hybridized carbons (Fsp3) is 0.600. The zero-order chi connectivity index (χ0) is 13.7. The van der Waals surface area contributed by atoms with Crippen LogP contribution in [-0.2, 0) is 6.54 Å². The molecule has 1 fully saturated rings. The predicted octanol–water partition coefficient (Wildman–Crippen LogP) is 2.48. The molecule has 106 valence electrons. The molecule has 1 aromatic rings. The number of nitrogens with one attached hydrogen (secondary N) is 1. The standard InChI is InChI=1S/C15H22FNO2/c1-19-13-5-4-12(14(16)8-13)9-17-10-15(11-18)6-2-3-7-15/h4-5,8,17-18H,2-3,6-7,9-11H2,1H3. The quantitative estimate of drug-likeness (QED) is 0.832. The minimum Gasteiger partial charge on any atom is -0.497 e. The smallest absolute Gasteiger partial charge is 0.131 e. The fourth-order valence-corrected chi connectivity index (χ4v) is 2.78. The van der Waals surface area contributed by atoms with Gasteiger partial charge in [-0.3, -0.25) is 0 Å². The molecule has 1 aromatic carbocycles. The van der Waals surface area contributed by atoms with Crippen molar-refractivity contribution in [1.82, 2.24) is 5.32 Å². The molecule has 3 nitrogen and oxygen atoms in total. The first-order valence-electron chi connectivity index (χ1n) is 6.83. The minimum absolute atomic E-state index is 0.00292. The van der Waals surface area contributed by atoms with Gasteiger partial charge >= 0.3 is 0 Å². The Morgan fingerprint density at radius 2 is 2.11 bits per heavy atom. The third-order valence-corrected chi connectivity index (χ3v) is 4.08. The lowest BCUT2D eigenvalue weighted by Crippen LogP contribution is -2.35. The highest BCUT2D eigenvalue weighted by Gasteiger charge is 2.32. The third-order valence-electron chi connectivity index (χ3n) is 4.08. The van der Waals surface area contributed by atoms with Crippen LogP contribution >= 0.6 is 0 Å². The van der Waals surface area contributed by atoms with Crippen molar-refractivity contribution >= 4 is 0 Å². The van der Waals surface area contributed by atoms with E-state index in [0.717, 1.165) is 19.4 Å². The molecule has 4 heteroatoms. The number of benzene rings is 1. The van der Waals surface area contributed by atoms with Crippen LogP contribution in [0.1, 0.15) is 31.2 Å². The van der Waals surface area contributed by atoms with Crippen molar-refractivity contribution in [2.24, 2.45) is 5.41 Å². The highest BCUT2D eigenvalue weighted by atomic mass is 19.1.